The van der Waals surface area contributed by atoms with Gasteiger partial charge in [0.1, 0.15) is 12.4 Å². The topological polar surface area (TPSA) is 61.8 Å². The Hall–Kier alpha value is -3.08. The standard InChI is InChI=1S/C23H26O5/c1-4-19(23(25)27-5-2)13-18-11-12-21(26-3)20(14-18)15-22(24)28-16-17-9-7-6-8-10-17/h6-14H,4-5,15-16H2,1-3H3. The Labute approximate surface area is 165 Å². The van der Waals surface area contributed by atoms with Crippen LogP contribution in [0.25, 0.3) is 6.08 Å². The first-order chi connectivity index (χ1) is 13.6. The molecule has 0 aliphatic carbocycles. The first kappa shape index (κ1) is 21.2. The lowest BCUT2D eigenvalue weighted by atomic mass is 10.0. The van der Waals surface area contributed by atoms with Gasteiger partial charge < -0.3 is 14.2 Å². The van der Waals surface area contributed by atoms with Crippen molar-refractivity contribution in [3.8, 4) is 5.75 Å². The van der Waals surface area contributed by atoms with Gasteiger partial charge in [0.05, 0.1) is 20.1 Å². The quantitative estimate of drug-likeness (QED) is 0.477. The Bertz CT molecular complexity index is 824. The summed E-state index contributed by atoms with van der Waals surface area (Å²) in [6.07, 6.45) is 2.41. The highest BCUT2D eigenvalue weighted by Crippen LogP contribution is 2.23. The zero-order valence-corrected chi connectivity index (χ0v) is 16.6. The van der Waals surface area contributed by atoms with Gasteiger partial charge in [0.25, 0.3) is 0 Å². The van der Waals surface area contributed by atoms with Gasteiger partial charge >= 0.3 is 11.9 Å². The van der Waals surface area contributed by atoms with Gasteiger partial charge in [0, 0.05) is 11.1 Å². The van der Waals surface area contributed by atoms with Crippen molar-refractivity contribution in [2.45, 2.75) is 33.3 Å². The first-order valence-electron chi connectivity index (χ1n) is 9.31. The monoisotopic (exact) mass is 382 g/mol. The third kappa shape index (κ3) is 6.27. The summed E-state index contributed by atoms with van der Waals surface area (Å²) in [5.74, 6) is -0.0722. The maximum Gasteiger partial charge on any atom is 0.333 e. The van der Waals surface area contributed by atoms with E-state index >= 15 is 0 Å². The molecule has 0 aliphatic heterocycles. The van der Waals surface area contributed by atoms with Crippen LogP contribution < -0.4 is 4.74 Å². The van der Waals surface area contributed by atoms with Gasteiger partial charge in [0.15, 0.2) is 0 Å². The van der Waals surface area contributed by atoms with Crippen molar-refractivity contribution >= 4 is 18.0 Å². The largest absolute Gasteiger partial charge is 0.496 e. The average molecular weight is 382 g/mol. The second-order valence-corrected chi connectivity index (χ2v) is 6.14. The maximum atomic E-state index is 12.3. The Kier molecular flexibility index (Phi) is 8.28. The highest BCUT2D eigenvalue weighted by Gasteiger charge is 2.13. The molecule has 2 aromatic carbocycles. The van der Waals surface area contributed by atoms with Crippen LogP contribution in [0.15, 0.2) is 54.1 Å². The number of benzene rings is 2. The Morgan fingerprint density at radius 1 is 1.00 bits per heavy atom. The molecule has 0 bridgehead atoms. The number of carbonyl (C=O) groups is 2. The Morgan fingerprint density at radius 3 is 2.39 bits per heavy atom. The van der Waals surface area contributed by atoms with E-state index in [0.29, 0.717) is 29.9 Å². The third-order valence-electron chi connectivity index (χ3n) is 4.14. The van der Waals surface area contributed by atoms with Crippen LogP contribution in [0.1, 0.15) is 37.0 Å². The maximum absolute atomic E-state index is 12.3. The molecule has 0 saturated carbocycles. The fourth-order valence-corrected chi connectivity index (χ4v) is 2.70. The average Bonchev–Trinajstić information content (AvgIpc) is 2.71. The van der Waals surface area contributed by atoms with Crippen molar-refractivity contribution < 1.29 is 23.8 Å². The fourth-order valence-electron chi connectivity index (χ4n) is 2.70. The number of esters is 2. The van der Waals surface area contributed by atoms with Crippen LogP contribution >= 0.6 is 0 Å². The fraction of sp³-hybridized carbons (Fsp3) is 0.304. The molecule has 0 N–H and O–H groups in total. The summed E-state index contributed by atoms with van der Waals surface area (Å²) in [7, 11) is 1.56. The van der Waals surface area contributed by atoms with Gasteiger partial charge in [-0.25, -0.2) is 4.79 Å². The lowest BCUT2D eigenvalue weighted by molar-refractivity contribution is -0.144. The van der Waals surface area contributed by atoms with Crippen molar-refractivity contribution in [2.24, 2.45) is 0 Å². The smallest absolute Gasteiger partial charge is 0.333 e. The number of hydrogen-bond donors (Lipinski definition) is 0. The predicted molar refractivity (Wildman–Crippen MR) is 108 cm³/mol. The van der Waals surface area contributed by atoms with E-state index in [1.54, 1.807) is 26.2 Å². The molecular formula is C23H26O5. The molecule has 5 nitrogen and oxygen atoms in total. The van der Waals surface area contributed by atoms with Gasteiger partial charge in [0.2, 0.25) is 0 Å². The number of carbonyl (C=O) groups excluding carboxylic acids is 2. The van der Waals surface area contributed by atoms with E-state index in [4.69, 9.17) is 14.2 Å². The Morgan fingerprint density at radius 2 is 1.75 bits per heavy atom. The van der Waals surface area contributed by atoms with Crippen LogP contribution in [0.5, 0.6) is 5.75 Å². The molecule has 0 amide bonds. The molecule has 0 atom stereocenters. The second-order valence-electron chi connectivity index (χ2n) is 6.14. The molecule has 2 rings (SSSR count). The van der Waals surface area contributed by atoms with Gasteiger partial charge in [-0.05, 0) is 42.7 Å². The molecule has 0 heterocycles. The second kappa shape index (κ2) is 10.9. The number of methoxy groups -OCH3 is 1. The number of ether oxygens (including phenoxy) is 3. The number of rotatable bonds is 9. The van der Waals surface area contributed by atoms with Crippen molar-refractivity contribution in [3.63, 3.8) is 0 Å². The van der Waals surface area contributed by atoms with Crippen LogP contribution in [0.4, 0.5) is 0 Å². The molecular weight excluding hydrogens is 356 g/mol. The molecule has 2 aromatic rings. The van der Waals surface area contributed by atoms with Crippen molar-refractivity contribution in [1.29, 1.82) is 0 Å². The summed E-state index contributed by atoms with van der Waals surface area (Å²) in [5, 5.41) is 0. The van der Waals surface area contributed by atoms with E-state index in [9.17, 15) is 9.59 Å². The van der Waals surface area contributed by atoms with Crippen LogP contribution in [-0.2, 0) is 32.1 Å². The molecule has 0 unspecified atom stereocenters. The van der Waals surface area contributed by atoms with E-state index in [2.05, 4.69) is 0 Å². The van der Waals surface area contributed by atoms with E-state index in [0.717, 1.165) is 11.1 Å². The molecule has 0 fully saturated rings. The minimum absolute atomic E-state index is 0.0819. The van der Waals surface area contributed by atoms with Crippen LogP contribution in [0.3, 0.4) is 0 Å². The van der Waals surface area contributed by atoms with Crippen LogP contribution in [0, 0.1) is 0 Å². The Balaban J connectivity index is 2.13. The normalized spacial score (nSPS) is 11.0. The van der Waals surface area contributed by atoms with Crippen molar-refractivity contribution in [1.82, 2.24) is 0 Å². The van der Waals surface area contributed by atoms with Gasteiger partial charge in [-0.1, -0.05) is 43.3 Å². The summed E-state index contributed by atoms with van der Waals surface area (Å²) in [6.45, 7) is 4.23. The minimum Gasteiger partial charge on any atom is -0.496 e. The summed E-state index contributed by atoms with van der Waals surface area (Å²) in [5.41, 5.74) is 3.01. The van der Waals surface area contributed by atoms with Crippen LogP contribution in [0.2, 0.25) is 0 Å². The zero-order chi connectivity index (χ0) is 20.4. The third-order valence-corrected chi connectivity index (χ3v) is 4.14. The van der Waals surface area contributed by atoms with Crippen LogP contribution in [-0.4, -0.2) is 25.7 Å². The van der Waals surface area contributed by atoms with Crippen molar-refractivity contribution in [3.05, 3.63) is 70.8 Å². The molecule has 0 aromatic heterocycles. The van der Waals surface area contributed by atoms with E-state index < -0.39 is 0 Å². The lowest BCUT2D eigenvalue weighted by Gasteiger charge is -2.11. The molecule has 0 aliphatic rings. The van der Waals surface area contributed by atoms with Gasteiger partial charge in [-0.2, -0.15) is 0 Å². The molecule has 28 heavy (non-hydrogen) atoms. The SMILES string of the molecule is CCOC(=O)C(=Cc1ccc(OC)c(CC(=O)OCc2ccccc2)c1)CC. The molecule has 148 valence electrons. The molecule has 0 radical (unpaired) electrons. The summed E-state index contributed by atoms with van der Waals surface area (Å²) >= 11 is 0. The molecule has 5 heteroatoms. The van der Waals surface area contributed by atoms with E-state index in [1.165, 1.54) is 0 Å². The summed E-state index contributed by atoms with van der Waals surface area (Å²) in [6, 6.07) is 15.0. The highest BCUT2D eigenvalue weighted by molar-refractivity contribution is 5.93. The number of hydrogen-bond acceptors (Lipinski definition) is 5. The molecule has 0 saturated heterocycles. The van der Waals surface area contributed by atoms with Gasteiger partial charge in [-0.3, -0.25) is 4.79 Å². The predicted octanol–water partition coefficient (Wildman–Crippen LogP) is 4.34. The van der Waals surface area contributed by atoms with E-state index in [1.807, 2.05) is 49.4 Å². The summed E-state index contributed by atoms with van der Waals surface area (Å²) < 4.78 is 15.8. The minimum atomic E-state index is -0.343. The van der Waals surface area contributed by atoms with Crippen molar-refractivity contribution in [2.75, 3.05) is 13.7 Å². The molecule has 0 spiro atoms. The zero-order valence-electron chi connectivity index (χ0n) is 16.6. The lowest BCUT2D eigenvalue weighted by Crippen LogP contribution is -2.09. The first-order valence-corrected chi connectivity index (χ1v) is 9.31. The van der Waals surface area contributed by atoms with Gasteiger partial charge in [-0.15, -0.1) is 0 Å². The van der Waals surface area contributed by atoms with E-state index in [-0.39, 0.29) is 25.0 Å². The summed E-state index contributed by atoms with van der Waals surface area (Å²) in [4.78, 5) is 24.3. The highest BCUT2D eigenvalue weighted by atomic mass is 16.5.